The summed E-state index contributed by atoms with van der Waals surface area (Å²) in [6, 6.07) is 0.775. The summed E-state index contributed by atoms with van der Waals surface area (Å²) in [5.41, 5.74) is 0. The minimum Gasteiger partial charge on any atom is -0.333 e. The number of carbonyl (C=O) groups is 1. The molecule has 0 bridgehead atoms. The van der Waals surface area contributed by atoms with Gasteiger partial charge in [0.25, 0.3) is 0 Å². The third kappa shape index (κ3) is 4.00. The van der Waals surface area contributed by atoms with E-state index in [1.807, 2.05) is 30.1 Å². The first-order valence-corrected chi connectivity index (χ1v) is 6.56. The Morgan fingerprint density at radius 1 is 1.35 bits per heavy atom. The molecule has 1 amide bonds. The van der Waals surface area contributed by atoms with E-state index in [2.05, 4.69) is 19.2 Å². The molecular weight excluding hydrogens is 212 g/mol. The molecule has 0 aromatic heterocycles. The summed E-state index contributed by atoms with van der Waals surface area (Å²) in [4.78, 5) is 14.1. The molecule has 1 N–H and O–H groups in total. The highest BCUT2D eigenvalue weighted by Crippen LogP contribution is 2.12. The summed E-state index contributed by atoms with van der Waals surface area (Å²) in [6.45, 7) is 7.98. The van der Waals surface area contributed by atoms with Gasteiger partial charge in [0.2, 0.25) is 5.91 Å². The average molecular weight is 236 g/mol. The van der Waals surface area contributed by atoms with Crippen molar-refractivity contribution in [3.8, 4) is 0 Å². The Morgan fingerprint density at radius 3 is 2.71 bits per heavy atom. The molecule has 2 atom stereocenters. The summed E-state index contributed by atoms with van der Waals surface area (Å²) in [5.74, 6) is 0.134. The number of nitrogens with zero attached hydrogens (tertiary/aromatic N) is 1. The lowest BCUT2D eigenvalue weighted by molar-refractivity contribution is -0.130. The van der Waals surface area contributed by atoms with Crippen molar-refractivity contribution >= 4 is 5.91 Å². The minimum absolute atomic E-state index is 0.134. The first-order valence-electron chi connectivity index (χ1n) is 6.56. The van der Waals surface area contributed by atoms with Gasteiger partial charge in [-0.05, 0) is 19.8 Å². The molecule has 96 valence electrons. The van der Waals surface area contributed by atoms with Gasteiger partial charge >= 0.3 is 0 Å². The number of hydrogen-bond acceptors (Lipinski definition) is 2. The Labute approximate surface area is 105 Å². The zero-order valence-electron chi connectivity index (χ0n) is 11.1. The highest BCUT2D eigenvalue weighted by atomic mass is 16.2. The molecule has 2 unspecified atom stereocenters. The van der Waals surface area contributed by atoms with Crippen LogP contribution in [0.2, 0.25) is 0 Å². The molecular formula is C14H24N2O. The van der Waals surface area contributed by atoms with Gasteiger partial charge in [-0.2, -0.15) is 0 Å². The molecule has 0 aromatic carbocycles. The molecule has 17 heavy (non-hydrogen) atoms. The van der Waals surface area contributed by atoms with Crippen molar-refractivity contribution in [1.82, 2.24) is 10.2 Å². The molecule has 1 fully saturated rings. The lowest BCUT2D eigenvalue weighted by Gasteiger charge is -2.39. The van der Waals surface area contributed by atoms with Crippen molar-refractivity contribution in [3.63, 3.8) is 0 Å². The summed E-state index contributed by atoms with van der Waals surface area (Å²) in [5, 5.41) is 3.49. The van der Waals surface area contributed by atoms with Gasteiger partial charge in [-0.25, -0.2) is 0 Å². The topological polar surface area (TPSA) is 32.3 Å². The predicted molar refractivity (Wildman–Crippen MR) is 71.8 cm³/mol. The van der Waals surface area contributed by atoms with Gasteiger partial charge in [0.15, 0.2) is 0 Å². The SMILES string of the molecule is C/C=C/C=C/C(=O)N1CC(CC)NCC1CC. The average Bonchev–Trinajstić information content (AvgIpc) is 2.38. The molecule has 1 saturated heterocycles. The van der Waals surface area contributed by atoms with E-state index in [0.29, 0.717) is 12.1 Å². The zero-order valence-corrected chi connectivity index (χ0v) is 11.1. The Bertz CT molecular complexity index is 297. The van der Waals surface area contributed by atoms with Gasteiger partial charge in [0.1, 0.15) is 0 Å². The maximum atomic E-state index is 12.1. The first kappa shape index (κ1) is 14.0. The van der Waals surface area contributed by atoms with Crippen LogP contribution in [0.25, 0.3) is 0 Å². The molecule has 0 aromatic rings. The smallest absolute Gasteiger partial charge is 0.246 e. The van der Waals surface area contributed by atoms with Gasteiger partial charge in [-0.3, -0.25) is 4.79 Å². The molecule has 1 heterocycles. The van der Waals surface area contributed by atoms with E-state index in [9.17, 15) is 4.79 Å². The van der Waals surface area contributed by atoms with E-state index in [1.54, 1.807) is 6.08 Å². The minimum atomic E-state index is 0.134. The van der Waals surface area contributed by atoms with Crippen LogP contribution in [0.1, 0.15) is 33.6 Å². The molecule has 0 saturated carbocycles. The van der Waals surface area contributed by atoms with Crippen molar-refractivity contribution in [1.29, 1.82) is 0 Å². The Balaban J connectivity index is 2.65. The quantitative estimate of drug-likeness (QED) is 0.599. The lowest BCUT2D eigenvalue weighted by Crippen LogP contribution is -2.57. The number of hydrogen-bond donors (Lipinski definition) is 1. The van der Waals surface area contributed by atoms with E-state index in [4.69, 9.17) is 0 Å². The zero-order chi connectivity index (χ0) is 12.7. The molecule has 0 radical (unpaired) electrons. The number of amides is 1. The molecule has 0 aliphatic carbocycles. The van der Waals surface area contributed by atoms with Crippen LogP contribution < -0.4 is 5.32 Å². The highest BCUT2D eigenvalue weighted by Gasteiger charge is 2.27. The van der Waals surface area contributed by atoms with Crippen LogP contribution in [-0.4, -0.2) is 36.0 Å². The summed E-state index contributed by atoms with van der Waals surface area (Å²) in [6.07, 6.45) is 9.37. The van der Waals surface area contributed by atoms with E-state index < -0.39 is 0 Å². The Morgan fingerprint density at radius 2 is 2.12 bits per heavy atom. The fraction of sp³-hybridized carbons (Fsp3) is 0.643. The third-order valence-corrected chi connectivity index (χ3v) is 3.29. The summed E-state index contributed by atoms with van der Waals surface area (Å²) >= 11 is 0. The molecule has 1 rings (SSSR count). The van der Waals surface area contributed by atoms with E-state index in [-0.39, 0.29) is 5.91 Å². The number of allylic oxidation sites excluding steroid dienone is 3. The van der Waals surface area contributed by atoms with Crippen LogP contribution in [0.3, 0.4) is 0 Å². The van der Waals surface area contributed by atoms with Gasteiger partial charge < -0.3 is 10.2 Å². The molecule has 3 heteroatoms. The predicted octanol–water partition coefficient (Wildman–Crippen LogP) is 2.11. The van der Waals surface area contributed by atoms with Crippen molar-refractivity contribution in [2.45, 2.75) is 45.7 Å². The van der Waals surface area contributed by atoms with Crippen LogP contribution in [0.15, 0.2) is 24.3 Å². The van der Waals surface area contributed by atoms with Gasteiger partial charge in [0.05, 0.1) is 0 Å². The second kappa shape index (κ2) is 7.28. The highest BCUT2D eigenvalue weighted by molar-refractivity contribution is 5.88. The second-order valence-corrected chi connectivity index (χ2v) is 4.45. The van der Waals surface area contributed by atoms with Crippen LogP contribution in [0.5, 0.6) is 0 Å². The van der Waals surface area contributed by atoms with Crippen LogP contribution in [-0.2, 0) is 4.79 Å². The van der Waals surface area contributed by atoms with Crippen molar-refractivity contribution < 1.29 is 4.79 Å². The van der Waals surface area contributed by atoms with E-state index in [0.717, 1.165) is 25.9 Å². The van der Waals surface area contributed by atoms with Crippen LogP contribution in [0, 0.1) is 0 Å². The Kier molecular flexibility index (Phi) is 5.98. The monoisotopic (exact) mass is 236 g/mol. The van der Waals surface area contributed by atoms with Gasteiger partial charge in [-0.1, -0.05) is 32.1 Å². The van der Waals surface area contributed by atoms with E-state index >= 15 is 0 Å². The fourth-order valence-electron chi connectivity index (χ4n) is 2.12. The van der Waals surface area contributed by atoms with Crippen LogP contribution >= 0.6 is 0 Å². The van der Waals surface area contributed by atoms with Gasteiger partial charge in [0, 0.05) is 31.2 Å². The van der Waals surface area contributed by atoms with Crippen molar-refractivity contribution in [3.05, 3.63) is 24.3 Å². The maximum absolute atomic E-state index is 12.1. The summed E-state index contributed by atoms with van der Waals surface area (Å²) < 4.78 is 0. The van der Waals surface area contributed by atoms with Crippen molar-refractivity contribution in [2.24, 2.45) is 0 Å². The number of piperazine rings is 1. The van der Waals surface area contributed by atoms with E-state index in [1.165, 1.54) is 0 Å². The largest absolute Gasteiger partial charge is 0.333 e. The lowest BCUT2D eigenvalue weighted by atomic mass is 10.1. The number of nitrogens with one attached hydrogen (secondary N) is 1. The number of carbonyl (C=O) groups excluding carboxylic acids is 1. The summed E-state index contributed by atoms with van der Waals surface area (Å²) in [7, 11) is 0. The molecule has 1 aliphatic rings. The maximum Gasteiger partial charge on any atom is 0.246 e. The van der Waals surface area contributed by atoms with Gasteiger partial charge in [-0.15, -0.1) is 0 Å². The molecule has 3 nitrogen and oxygen atoms in total. The number of rotatable bonds is 4. The first-order chi connectivity index (χ1) is 8.22. The Hall–Kier alpha value is -1.09. The van der Waals surface area contributed by atoms with Crippen LogP contribution in [0.4, 0.5) is 0 Å². The third-order valence-electron chi connectivity index (χ3n) is 3.29. The molecule has 0 spiro atoms. The standard InChI is InChI=1S/C14H24N2O/c1-4-7-8-9-14(17)16-11-12(5-2)15-10-13(16)6-3/h4,7-9,12-13,15H,5-6,10-11H2,1-3H3/b7-4+,9-8+. The second-order valence-electron chi connectivity index (χ2n) is 4.45. The molecule has 1 aliphatic heterocycles. The normalized spacial score (nSPS) is 25.9. The van der Waals surface area contributed by atoms with Crippen molar-refractivity contribution in [2.75, 3.05) is 13.1 Å². The fourth-order valence-corrected chi connectivity index (χ4v) is 2.12.